The molecule has 0 aromatic rings. The molecule has 0 aromatic heterocycles. The molecule has 1 aliphatic heterocycles. The number of rotatable bonds is 3. The number of carboxylic acids is 1. The average molecular weight is 266 g/mol. The van der Waals surface area contributed by atoms with Crippen molar-refractivity contribution in [3.63, 3.8) is 0 Å². The van der Waals surface area contributed by atoms with Crippen LogP contribution in [0, 0.1) is 11.3 Å². The molecule has 19 heavy (non-hydrogen) atoms. The van der Waals surface area contributed by atoms with E-state index in [9.17, 15) is 14.7 Å². The molecule has 0 radical (unpaired) electrons. The van der Waals surface area contributed by atoms with Gasteiger partial charge in [-0.25, -0.2) is 0 Å². The van der Waals surface area contributed by atoms with Gasteiger partial charge in [0, 0.05) is 19.1 Å². The Morgan fingerprint density at radius 3 is 2.42 bits per heavy atom. The number of aliphatic carboxylic acids is 1. The fraction of sp³-hybridized carbons (Fsp3) is 0.714. The van der Waals surface area contributed by atoms with Crippen molar-refractivity contribution in [3.8, 4) is 0 Å². The average Bonchev–Trinajstić information content (AvgIpc) is 2.84. The normalized spacial score (nSPS) is 29.5. The molecule has 1 saturated heterocycles. The highest BCUT2D eigenvalue weighted by Gasteiger charge is 2.41. The van der Waals surface area contributed by atoms with Gasteiger partial charge in [-0.05, 0) is 25.7 Å². The van der Waals surface area contributed by atoms with Crippen molar-refractivity contribution < 1.29 is 14.7 Å². The van der Waals surface area contributed by atoms with Gasteiger partial charge in [-0.3, -0.25) is 9.59 Å². The van der Waals surface area contributed by atoms with Crippen molar-refractivity contribution in [2.45, 2.75) is 38.6 Å². The SMILES string of the molecule is CCC1(C(=O)O)CCN(C(=O)C2C=CC(N)C2)CC1. The Balaban J connectivity index is 1.95. The van der Waals surface area contributed by atoms with Crippen LogP contribution < -0.4 is 5.73 Å². The molecule has 0 spiro atoms. The van der Waals surface area contributed by atoms with Crippen molar-refractivity contribution >= 4 is 11.9 Å². The van der Waals surface area contributed by atoms with Crippen LogP contribution in [0.4, 0.5) is 0 Å². The third kappa shape index (κ3) is 2.66. The van der Waals surface area contributed by atoms with Crippen molar-refractivity contribution in [1.82, 2.24) is 4.90 Å². The standard InChI is InChI=1S/C14H22N2O3/c1-2-14(13(18)19)5-7-16(8-6-14)12(17)10-3-4-11(15)9-10/h3-4,10-11H,2,5-9,15H2,1H3,(H,18,19). The molecule has 3 N–H and O–H groups in total. The maximum Gasteiger partial charge on any atom is 0.309 e. The van der Waals surface area contributed by atoms with E-state index in [0.29, 0.717) is 38.8 Å². The van der Waals surface area contributed by atoms with Crippen LogP contribution in [-0.4, -0.2) is 41.0 Å². The summed E-state index contributed by atoms with van der Waals surface area (Å²) in [6.45, 7) is 2.99. The van der Waals surface area contributed by atoms with Crippen molar-refractivity contribution in [3.05, 3.63) is 12.2 Å². The van der Waals surface area contributed by atoms with Gasteiger partial charge in [0.05, 0.1) is 11.3 Å². The summed E-state index contributed by atoms with van der Waals surface area (Å²) in [5.74, 6) is -0.752. The van der Waals surface area contributed by atoms with Gasteiger partial charge < -0.3 is 15.7 Å². The van der Waals surface area contributed by atoms with Crippen LogP contribution in [-0.2, 0) is 9.59 Å². The van der Waals surface area contributed by atoms with E-state index in [4.69, 9.17) is 5.73 Å². The third-order valence-corrected chi connectivity index (χ3v) is 4.60. The van der Waals surface area contributed by atoms with Gasteiger partial charge in [-0.2, -0.15) is 0 Å². The van der Waals surface area contributed by atoms with Crippen LogP contribution in [0.25, 0.3) is 0 Å². The largest absolute Gasteiger partial charge is 0.481 e. The molecule has 1 fully saturated rings. The molecule has 2 rings (SSSR count). The number of carbonyl (C=O) groups excluding carboxylic acids is 1. The number of piperidine rings is 1. The van der Waals surface area contributed by atoms with Gasteiger partial charge in [0.15, 0.2) is 0 Å². The smallest absolute Gasteiger partial charge is 0.309 e. The summed E-state index contributed by atoms with van der Waals surface area (Å²) in [7, 11) is 0. The van der Waals surface area contributed by atoms with E-state index >= 15 is 0 Å². The van der Waals surface area contributed by atoms with E-state index in [2.05, 4.69) is 0 Å². The summed E-state index contributed by atoms with van der Waals surface area (Å²) >= 11 is 0. The first-order chi connectivity index (χ1) is 8.98. The van der Waals surface area contributed by atoms with Crippen LogP contribution in [0.2, 0.25) is 0 Å². The molecule has 1 aliphatic carbocycles. The molecular formula is C14H22N2O3. The van der Waals surface area contributed by atoms with Gasteiger partial charge in [-0.1, -0.05) is 19.1 Å². The van der Waals surface area contributed by atoms with E-state index < -0.39 is 11.4 Å². The second kappa shape index (κ2) is 5.33. The molecule has 0 bridgehead atoms. The van der Waals surface area contributed by atoms with Crippen LogP contribution >= 0.6 is 0 Å². The Morgan fingerprint density at radius 1 is 1.37 bits per heavy atom. The van der Waals surface area contributed by atoms with Gasteiger partial charge in [0.2, 0.25) is 5.91 Å². The second-order valence-corrected chi connectivity index (χ2v) is 5.66. The number of nitrogens with zero attached hydrogens (tertiary/aromatic N) is 1. The third-order valence-electron chi connectivity index (χ3n) is 4.60. The highest BCUT2D eigenvalue weighted by molar-refractivity contribution is 5.82. The lowest BCUT2D eigenvalue weighted by Crippen LogP contribution is -2.47. The lowest BCUT2D eigenvalue weighted by molar-refractivity contribution is -0.155. The molecule has 1 heterocycles. The van der Waals surface area contributed by atoms with E-state index in [1.54, 1.807) is 4.90 Å². The van der Waals surface area contributed by atoms with Crippen LogP contribution in [0.15, 0.2) is 12.2 Å². The number of carboxylic acid groups (broad SMARTS) is 1. The second-order valence-electron chi connectivity index (χ2n) is 5.66. The minimum absolute atomic E-state index is 0.0208. The molecule has 1 amide bonds. The molecule has 106 valence electrons. The van der Waals surface area contributed by atoms with Gasteiger partial charge >= 0.3 is 5.97 Å². The molecule has 5 nitrogen and oxygen atoms in total. The minimum Gasteiger partial charge on any atom is -0.481 e. The number of hydrogen-bond donors (Lipinski definition) is 2. The number of nitrogens with two attached hydrogens (primary N) is 1. The highest BCUT2D eigenvalue weighted by Crippen LogP contribution is 2.36. The number of carbonyl (C=O) groups is 2. The van der Waals surface area contributed by atoms with Gasteiger partial charge in [0.25, 0.3) is 0 Å². The molecule has 5 heteroatoms. The number of amides is 1. The summed E-state index contributed by atoms with van der Waals surface area (Å²) in [6.07, 6.45) is 6.15. The number of hydrogen-bond acceptors (Lipinski definition) is 3. The van der Waals surface area contributed by atoms with E-state index in [0.717, 1.165) is 0 Å². The molecule has 2 atom stereocenters. The van der Waals surface area contributed by atoms with Crippen LogP contribution in [0.1, 0.15) is 32.6 Å². The zero-order valence-corrected chi connectivity index (χ0v) is 11.3. The summed E-state index contributed by atoms with van der Waals surface area (Å²) in [5, 5.41) is 9.33. The van der Waals surface area contributed by atoms with Gasteiger partial charge in [-0.15, -0.1) is 0 Å². The quantitative estimate of drug-likeness (QED) is 0.746. The zero-order chi connectivity index (χ0) is 14.0. The lowest BCUT2D eigenvalue weighted by atomic mass is 9.76. The Labute approximate surface area is 113 Å². The van der Waals surface area contributed by atoms with E-state index in [-0.39, 0.29) is 17.9 Å². The van der Waals surface area contributed by atoms with Crippen molar-refractivity contribution in [2.24, 2.45) is 17.1 Å². The Hall–Kier alpha value is -1.36. The van der Waals surface area contributed by atoms with Crippen molar-refractivity contribution in [1.29, 1.82) is 0 Å². The Morgan fingerprint density at radius 2 is 2.00 bits per heavy atom. The Kier molecular flexibility index (Phi) is 3.94. The van der Waals surface area contributed by atoms with Crippen LogP contribution in [0.3, 0.4) is 0 Å². The molecular weight excluding hydrogens is 244 g/mol. The molecule has 2 aliphatic rings. The topological polar surface area (TPSA) is 83.6 Å². The summed E-state index contributed by atoms with van der Waals surface area (Å²) < 4.78 is 0. The van der Waals surface area contributed by atoms with Gasteiger partial charge in [0.1, 0.15) is 0 Å². The van der Waals surface area contributed by atoms with E-state index in [1.807, 2.05) is 19.1 Å². The van der Waals surface area contributed by atoms with Crippen molar-refractivity contribution in [2.75, 3.05) is 13.1 Å². The summed E-state index contributed by atoms with van der Waals surface area (Å²) in [5.41, 5.74) is 5.12. The molecule has 0 aromatic carbocycles. The highest BCUT2D eigenvalue weighted by atomic mass is 16.4. The Bertz CT molecular complexity index is 397. The minimum atomic E-state index is -0.732. The lowest BCUT2D eigenvalue weighted by Gasteiger charge is -2.39. The maximum atomic E-state index is 12.3. The molecule has 2 unspecified atom stereocenters. The monoisotopic (exact) mass is 266 g/mol. The molecule has 0 saturated carbocycles. The fourth-order valence-electron chi connectivity index (χ4n) is 3.02. The zero-order valence-electron chi connectivity index (χ0n) is 11.3. The number of likely N-dealkylation sites (tertiary alicyclic amines) is 1. The first-order valence-electron chi connectivity index (χ1n) is 6.94. The first kappa shape index (κ1) is 14.1. The first-order valence-corrected chi connectivity index (χ1v) is 6.94. The van der Waals surface area contributed by atoms with Crippen LogP contribution in [0.5, 0.6) is 0 Å². The van der Waals surface area contributed by atoms with E-state index in [1.165, 1.54) is 0 Å². The fourth-order valence-corrected chi connectivity index (χ4v) is 3.02. The summed E-state index contributed by atoms with van der Waals surface area (Å²) in [4.78, 5) is 25.4. The summed E-state index contributed by atoms with van der Waals surface area (Å²) in [6, 6.07) is -0.0208. The maximum absolute atomic E-state index is 12.3. The predicted molar refractivity (Wildman–Crippen MR) is 71.4 cm³/mol. The predicted octanol–water partition coefficient (Wildman–Crippen LogP) is 0.993.